The first-order valence-corrected chi connectivity index (χ1v) is 23.0. The number of rotatable bonds is 14. The van der Waals surface area contributed by atoms with Crippen molar-refractivity contribution < 1.29 is 9.22 Å². The molecule has 3 nitrogen and oxygen atoms in total. The molecule has 0 N–H and O–H groups in total. The van der Waals surface area contributed by atoms with Crippen molar-refractivity contribution in [3.05, 3.63) is 30.0 Å². The molecule has 0 amide bonds. The van der Waals surface area contributed by atoms with Crippen LogP contribution in [0, 0.1) is 0 Å². The van der Waals surface area contributed by atoms with E-state index in [4.69, 9.17) is 4.43 Å². The summed E-state index contributed by atoms with van der Waals surface area (Å²) in [6.45, 7) is 18.5. The Kier molecular flexibility index (Phi) is 12.6. The Balaban J connectivity index is 3.66. The van der Waals surface area contributed by atoms with Crippen LogP contribution in [0.5, 0.6) is 5.75 Å². The third-order valence-electron chi connectivity index (χ3n) is 7.18. The van der Waals surface area contributed by atoms with Gasteiger partial charge in [-0.05, 0) is 0 Å². The molecule has 0 heterocycles. The van der Waals surface area contributed by atoms with Gasteiger partial charge in [-0.3, -0.25) is 0 Å². The van der Waals surface area contributed by atoms with Gasteiger partial charge in [0.2, 0.25) is 0 Å². The Morgan fingerprint density at radius 2 is 1.53 bits per heavy atom. The number of hydrogen-bond acceptors (Lipinski definition) is 3. The molecule has 0 saturated heterocycles. The monoisotopic (exact) mass is 565 g/mol. The van der Waals surface area contributed by atoms with Crippen LogP contribution >= 0.6 is 0 Å². The molecule has 0 saturated carbocycles. The first kappa shape index (κ1) is 29.2. The first-order chi connectivity index (χ1) is 15.1. The number of nitrogens with zero attached hydrogens (tertiary/aromatic N) is 1. The Labute approximate surface area is 203 Å². The van der Waals surface area contributed by atoms with Crippen LogP contribution in [-0.2, 0) is 4.79 Å². The Bertz CT molecular complexity index is 755. The number of benzene rings is 1. The van der Waals surface area contributed by atoms with Crippen molar-refractivity contribution in [3.8, 4) is 5.75 Å². The zero-order valence-electron chi connectivity index (χ0n) is 22.0. The summed E-state index contributed by atoms with van der Waals surface area (Å²) in [6.07, 6.45) is 13.0. The SMILES string of the molecule is CCC[CH2][Sn]([CH2]CCC)([CH2]CCC)[c]1cc(O[Si](C)(C)C(C)(C)C)ccc1/C=C/N=C=O. The Morgan fingerprint density at radius 3 is 1.97 bits per heavy atom. The van der Waals surface area contributed by atoms with Crippen LogP contribution in [0.2, 0.25) is 31.4 Å². The van der Waals surface area contributed by atoms with Crippen LogP contribution < -0.4 is 8.01 Å². The fourth-order valence-electron chi connectivity index (χ4n) is 4.12. The number of hydrogen-bond donors (Lipinski definition) is 0. The van der Waals surface area contributed by atoms with Crippen LogP contribution in [0.3, 0.4) is 0 Å². The average Bonchev–Trinajstić information content (AvgIpc) is 2.73. The molecule has 1 rings (SSSR count). The zero-order chi connectivity index (χ0) is 24.3. The van der Waals surface area contributed by atoms with E-state index in [9.17, 15) is 4.79 Å². The van der Waals surface area contributed by atoms with E-state index < -0.39 is 26.7 Å². The second-order valence-corrected chi connectivity index (χ2v) is 28.6. The van der Waals surface area contributed by atoms with Gasteiger partial charge in [0.1, 0.15) is 0 Å². The molecular weight excluding hydrogens is 517 g/mol. The minimum absolute atomic E-state index is 0.164. The van der Waals surface area contributed by atoms with Gasteiger partial charge in [0.25, 0.3) is 0 Å². The second kappa shape index (κ2) is 13.8. The van der Waals surface area contributed by atoms with E-state index in [1.807, 2.05) is 6.08 Å². The topological polar surface area (TPSA) is 38.7 Å². The van der Waals surface area contributed by atoms with Crippen LogP contribution in [0.15, 0.2) is 29.4 Å². The summed E-state index contributed by atoms with van der Waals surface area (Å²) >= 11 is -2.71. The summed E-state index contributed by atoms with van der Waals surface area (Å²) in [4.78, 5) is 14.4. The van der Waals surface area contributed by atoms with Crippen molar-refractivity contribution in [1.29, 1.82) is 0 Å². The summed E-state index contributed by atoms with van der Waals surface area (Å²) < 4.78 is 12.5. The molecule has 0 bridgehead atoms. The van der Waals surface area contributed by atoms with Gasteiger partial charge in [-0.15, -0.1) is 0 Å². The molecule has 1 aromatic rings. The maximum absolute atomic E-state index is 10.7. The summed E-state index contributed by atoms with van der Waals surface area (Å²) in [5, 5.41) is 0.164. The van der Waals surface area contributed by atoms with Crippen molar-refractivity contribution >= 4 is 42.4 Å². The van der Waals surface area contributed by atoms with Gasteiger partial charge in [0.05, 0.1) is 0 Å². The normalized spacial score (nSPS) is 12.8. The van der Waals surface area contributed by atoms with E-state index in [0.717, 1.165) is 5.75 Å². The van der Waals surface area contributed by atoms with Crippen molar-refractivity contribution in [2.24, 2.45) is 4.99 Å². The molecule has 0 aliphatic carbocycles. The first-order valence-electron chi connectivity index (χ1n) is 12.6. The molecule has 0 atom stereocenters. The van der Waals surface area contributed by atoms with Crippen LogP contribution in [0.1, 0.15) is 85.6 Å². The van der Waals surface area contributed by atoms with E-state index in [1.54, 1.807) is 15.9 Å². The van der Waals surface area contributed by atoms with Gasteiger partial charge in [0, 0.05) is 0 Å². The standard InChI is InChI=1S/C15H20NO2Si.3C4H9.Sn/c1-15(2,3)19(4,5)18-14-8-6-13(7-9-14)10-11-16-12-17;3*1-3-4-2;/h6,8-11H,1-5H3;3*1,3-4H2,2H3;/b11-10+;;;;. The van der Waals surface area contributed by atoms with Gasteiger partial charge < -0.3 is 0 Å². The summed E-state index contributed by atoms with van der Waals surface area (Å²) in [5.74, 6) is 1.04. The Hall–Kier alpha value is -0.844. The van der Waals surface area contributed by atoms with Crippen LogP contribution in [0.25, 0.3) is 6.08 Å². The van der Waals surface area contributed by atoms with Gasteiger partial charge >= 0.3 is 204 Å². The summed E-state index contributed by atoms with van der Waals surface area (Å²) in [6, 6.07) is 6.75. The summed E-state index contributed by atoms with van der Waals surface area (Å²) in [7, 11) is -1.92. The fraction of sp³-hybridized carbons (Fsp3) is 0.667. The zero-order valence-corrected chi connectivity index (χ0v) is 25.9. The third-order valence-corrected chi connectivity index (χ3v) is 27.3. The van der Waals surface area contributed by atoms with E-state index >= 15 is 0 Å². The Morgan fingerprint density at radius 1 is 1.00 bits per heavy atom. The van der Waals surface area contributed by atoms with E-state index in [0.29, 0.717) is 0 Å². The predicted molar refractivity (Wildman–Crippen MR) is 146 cm³/mol. The number of unbranched alkanes of at least 4 members (excludes halogenated alkanes) is 3. The molecule has 32 heavy (non-hydrogen) atoms. The van der Waals surface area contributed by atoms with Gasteiger partial charge in [-0.25, -0.2) is 0 Å². The van der Waals surface area contributed by atoms with Gasteiger partial charge in [-0.1, -0.05) is 0 Å². The molecule has 5 heteroatoms. The van der Waals surface area contributed by atoms with Crippen LogP contribution in [0.4, 0.5) is 0 Å². The average molecular weight is 564 g/mol. The van der Waals surface area contributed by atoms with Crippen molar-refractivity contribution in [2.75, 3.05) is 0 Å². The van der Waals surface area contributed by atoms with E-state index in [2.05, 4.69) is 77.8 Å². The molecular formula is C27H47NO2SiSn. The molecule has 180 valence electrons. The molecule has 0 spiro atoms. The molecule has 0 aliphatic rings. The molecule has 1 aromatic carbocycles. The molecule has 0 aromatic heterocycles. The maximum atomic E-state index is 10.7. The van der Waals surface area contributed by atoms with Crippen molar-refractivity contribution in [2.45, 2.75) is 112 Å². The van der Waals surface area contributed by atoms with Gasteiger partial charge in [-0.2, -0.15) is 0 Å². The van der Waals surface area contributed by atoms with Gasteiger partial charge in [0.15, 0.2) is 0 Å². The fourth-order valence-corrected chi connectivity index (χ4v) is 21.9. The molecule has 0 unspecified atom stereocenters. The number of isocyanates is 1. The van der Waals surface area contributed by atoms with Crippen LogP contribution in [-0.4, -0.2) is 32.8 Å². The van der Waals surface area contributed by atoms with E-state index in [1.165, 1.54) is 57.4 Å². The quantitative estimate of drug-likeness (QED) is 0.129. The minimum atomic E-state index is -2.71. The number of aliphatic imine (C=N–C) groups is 1. The second-order valence-electron chi connectivity index (χ2n) is 10.7. The van der Waals surface area contributed by atoms with E-state index in [-0.39, 0.29) is 5.04 Å². The van der Waals surface area contributed by atoms with Crippen molar-refractivity contribution in [3.63, 3.8) is 0 Å². The summed E-state index contributed by atoms with van der Waals surface area (Å²) in [5.41, 5.74) is 1.24. The number of carbonyl (C=O) groups excluding carboxylic acids is 1. The molecule has 0 fully saturated rings. The van der Waals surface area contributed by atoms with Crippen molar-refractivity contribution in [1.82, 2.24) is 0 Å². The molecule has 0 aliphatic heterocycles. The predicted octanol–water partition coefficient (Wildman–Crippen LogP) is 8.43. The third kappa shape index (κ3) is 8.50. The molecule has 0 radical (unpaired) electrons.